The number of nitrogens with zero attached hydrogens (tertiary/aromatic N) is 1. The normalized spacial score (nSPS) is 13.4. The summed E-state index contributed by atoms with van der Waals surface area (Å²) >= 11 is 1.65. The predicted molar refractivity (Wildman–Crippen MR) is 78.7 cm³/mol. The van der Waals surface area contributed by atoms with E-state index in [9.17, 15) is 4.79 Å². The maximum atomic E-state index is 11.0. The first-order chi connectivity index (χ1) is 8.88. The van der Waals surface area contributed by atoms with Crippen LogP contribution in [0.5, 0.6) is 0 Å². The summed E-state index contributed by atoms with van der Waals surface area (Å²) in [6.07, 6.45) is 1.83. The molecule has 0 saturated carbocycles. The second-order valence-corrected chi connectivity index (χ2v) is 6.60. The van der Waals surface area contributed by atoms with Gasteiger partial charge in [0.1, 0.15) is 5.82 Å². The van der Waals surface area contributed by atoms with Gasteiger partial charge in [-0.1, -0.05) is 20.8 Å². The lowest BCUT2D eigenvalue weighted by atomic mass is 9.84. The molecule has 0 spiro atoms. The molecule has 0 fully saturated rings. The Bertz CT molecular complexity index is 586. The first-order valence-corrected chi connectivity index (χ1v) is 7.06. The lowest BCUT2D eigenvalue weighted by Gasteiger charge is -2.31. The molecule has 0 amide bonds. The van der Waals surface area contributed by atoms with Crippen molar-refractivity contribution in [2.45, 2.75) is 33.2 Å². The number of aliphatic carboxylic acids is 1. The third-order valence-electron chi connectivity index (χ3n) is 3.11. The van der Waals surface area contributed by atoms with E-state index in [2.05, 4.69) is 10.3 Å². The Kier molecular flexibility index (Phi) is 3.75. The van der Waals surface area contributed by atoms with Gasteiger partial charge in [-0.25, -0.2) is 4.98 Å². The number of hydrogen-bond donors (Lipinski definition) is 2. The number of aromatic nitrogens is 1. The van der Waals surface area contributed by atoms with Gasteiger partial charge in [0.15, 0.2) is 0 Å². The van der Waals surface area contributed by atoms with Crippen LogP contribution in [0.1, 0.15) is 27.2 Å². The number of rotatable bonds is 4. The van der Waals surface area contributed by atoms with E-state index in [1.165, 1.54) is 0 Å². The Hall–Kier alpha value is -1.62. The highest BCUT2D eigenvalue weighted by atomic mass is 32.1. The van der Waals surface area contributed by atoms with Crippen LogP contribution in [-0.4, -0.2) is 22.1 Å². The van der Waals surface area contributed by atoms with Crippen LogP contribution in [0, 0.1) is 5.41 Å². The summed E-state index contributed by atoms with van der Waals surface area (Å²) in [5, 5.41) is 15.4. The maximum absolute atomic E-state index is 11.0. The molecule has 1 atom stereocenters. The molecule has 4 nitrogen and oxygen atoms in total. The highest BCUT2D eigenvalue weighted by Crippen LogP contribution is 2.30. The van der Waals surface area contributed by atoms with Gasteiger partial charge in [0.25, 0.3) is 0 Å². The minimum Gasteiger partial charge on any atom is -0.481 e. The fraction of sp³-hybridized carbons (Fsp3) is 0.429. The van der Waals surface area contributed by atoms with Gasteiger partial charge in [-0.2, -0.15) is 0 Å². The molecule has 0 radical (unpaired) electrons. The Morgan fingerprint density at radius 2 is 2.21 bits per heavy atom. The van der Waals surface area contributed by atoms with Crippen LogP contribution in [0.2, 0.25) is 0 Å². The minimum absolute atomic E-state index is 0.0751. The number of nitrogens with one attached hydrogen (secondary N) is 1. The molecular weight excluding hydrogens is 260 g/mol. The van der Waals surface area contributed by atoms with E-state index in [1.54, 1.807) is 17.5 Å². The number of thiophene rings is 1. The molecule has 2 rings (SSSR count). The van der Waals surface area contributed by atoms with E-state index in [-0.39, 0.29) is 17.9 Å². The number of pyridine rings is 1. The zero-order valence-corrected chi connectivity index (χ0v) is 12.1. The molecule has 102 valence electrons. The van der Waals surface area contributed by atoms with Gasteiger partial charge >= 0.3 is 5.97 Å². The summed E-state index contributed by atoms with van der Waals surface area (Å²) in [6.45, 7) is 6.09. The number of fused-ring (bicyclic) bond motifs is 1. The molecule has 0 aliphatic heterocycles. The van der Waals surface area contributed by atoms with E-state index < -0.39 is 5.97 Å². The average Bonchev–Trinajstić information content (AvgIpc) is 2.75. The summed E-state index contributed by atoms with van der Waals surface area (Å²) in [6, 6.07) is 3.81. The number of hydrogen-bond acceptors (Lipinski definition) is 4. The molecule has 19 heavy (non-hydrogen) atoms. The SMILES string of the molecule is CC(C)(C)C(CC(=O)O)Nc1nccc2sccc12. The molecule has 5 heteroatoms. The van der Waals surface area contributed by atoms with Gasteiger partial charge in [-0.05, 0) is 22.9 Å². The molecule has 2 N–H and O–H groups in total. The molecule has 0 bridgehead atoms. The summed E-state index contributed by atoms with van der Waals surface area (Å²) in [5.74, 6) is -0.0372. The van der Waals surface area contributed by atoms with Crippen LogP contribution >= 0.6 is 11.3 Å². The molecule has 1 unspecified atom stereocenters. The van der Waals surface area contributed by atoms with Crippen molar-refractivity contribution in [3.8, 4) is 0 Å². The number of carboxylic acids is 1. The second kappa shape index (κ2) is 5.17. The molecule has 0 aromatic carbocycles. The highest BCUT2D eigenvalue weighted by molar-refractivity contribution is 7.17. The maximum Gasteiger partial charge on any atom is 0.305 e. The van der Waals surface area contributed by atoms with Gasteiger partial charge in [-0.3, -0.25) is 4.79 Å². The van der Waals surface area contributed by atoms with Gasteiger partial charge in [0, 0.05) is 22.3 Å². The first-order valence-electron chi connectivity index (χ1n) is 6.18. The standard InChI is InChI=1S/C14H18N2O2S/c1-14(2,3)11(8-12(17)18)16-13-9-5-7-19-10(9)4-6-15-13/h4-7,11H,8H2,1-3H3,(H,15,16)(H,17,18). The number of anilines is 1. The third kappa shape index (κ3) is 3.23. The first kappa shape index (κ1) is 13.8. The Balaban J connectivity index is 2.30. The van der Waals surface area contributed by atoms with Crippen molar-refractivity contribution in [3.63, 3.8) is 0 Å². The van der Waals surface area contributed by atoms with Crippen molar-refractivity contribution in [1.82, 2.24) is 4.98 Å². The second-order valence-electron chi connectivity index (χ2n) is 5.65. The quantitative estimate of drug-likeness (QED) is 0.897. The number of carbonyl (C=O) groups is 1. The fourth-order valence-corrected chi connectivity index (χ4v) is 2.70. The van der Waals surface area contributed by atoms with Crippen LogP contribution < -0.4 is 5.32 Å². The van der Waals surface area contributed by atoms with Crippen molar-refractivity contribution >= 4 is 33.2 Å². The molecule has 2 aromatic heterocycles. The topological polar surface area (TPSA) is 62.2 Å². The van der Waals surface area contributed by atoms with Gasteiger partial charge < -0.3 is 10.4 Å². The molecule has 0 saturated heterocycles. The van der Waals surface area contributed by atoms with Crippen LogP contribution in [0.3, 0.4) is 0 Å². The van der Waals surface area contributed by atoms with Gasteiger partial charge in [0.05, 0.1) is 6.42 Å². The lowest BCUT2D eigenvalue weighted by molar-refractivity contribution is -0.137. The van der Waals surface area contributed by atoms with Crippen molar-refractivity contribution in [3.05, 3.63) is 23.7 Å². The average molecular weight is 278 g/mol. The Morgan fingerprint density at radius 1 is 1.47 bits per heavy atom. The Morgan fingerprint density at radius 3 is 2.84 bits per heavy atom. The molecule has 2 aromatic rings. The summed E-state index contributed by atoms with van der Waals surface area (Å²) in [5.41, 5.74) is -0.155. The van der Waals surface area contributed by atoms with Crippen molar-refractivity contribution in [2.75, 3.05) is 5.32 Å². The van der Waals surface area contributed by atoms with Crippen LogP contribution in [0.15, 0.2) is 23.7 Å². The van der Waals surface area contributed by atoms with Crippen molar-refractivity contribution in [2.24, 2.45) is 5.41 Å². The van der Waals surface area contributed by atoms with Crippen LogP contribution in [0.4, 0.5) is 5.82 Å². The van der Waals surface area contributed by atoms with Crippen molar-refractivity contribution < 1.29 is 9.90 Å². The van der Waals surface area contributed by atoms with E-state index in [0.717, 1.165) is 15.9 Å². The smallest absolute Gasteiger partial charge is 0.305 e. The van der Waals surface area contributed by atoms with Gasteiger partial charge in [0.2, 0.25) is 0 Å². The zero-order chi connectivity index (χ0) is 14.0. The van der Waals surface area contributed by atoms with Crippen molar-refractivity contribution in [1.29, 1.82) is 0 Å². The largest absolute Gasteiger partial charge is 0.481 e. The molecule has 0 aliphatic rings. The minimum atomic E-state index is -0.801. The number of carboxylic acid groups (broad SMARTS) is 1. The fourth-order valence-electron chi connectivity index (χ4n) is 1.92. The molecule has 2 heterocycles. The highest BCUT2D eigenvalue weighted by Gasteiger charge is 2.27. The zero-order valence-electron chi connectivity index (χ0n) is 11.3. The van der Waals surface area contributed by atoms with E-state index in [4.69, 9.17) is 5.11 Å². The van der Waals surface area contributed by atoms with Crippen LogP contribution in [-0.2, 0) is 4.79 Å². The monoisotopic (exact) mass is 278 g/mol. The summed E-state index contributed by atoms with van der Waals surface area (Å²) in [4.78, 5) is 15.3. The van der Waals surface area contributed by atoms with Crippen LogP contribution in [0.25, 0.3) is 10.1 Å². The Labute approximate surface area is 116 Å². The predicted octanol–water partition coefficient (Wildman–Crippen LogP) is 3.60. The van der Waals surface area contributed by atoms with Gasteiger partial charge in [-0.15, -0.1) is 11.3 Å². The summed E-state index contributed by atoms with van der Waals surface area (Å²) in [7, 11) is 0. The lowest BCUT2D eigenvalue weighted by Crippen LogP contribution is -2.36. The molecular formula is C14H18N2O2S. The van der Waals surface area contributed by atoms with E-state index in [1.807, 2.05) is 38.3 Å². The third-order valence-corrected chi connectivity index (χ3v) is 4.00. The summed E-state index contributed by atoms with van der Waals surface area (Å²) < 4.78 is 1.15. The van der Waals surface area contributed by atoms with E-state index >= 15 is 0 Å². The molecule has 0 aliphatic carbocycles. The van der Waals surface area contributed by atoms with E-state index in [0.29, 0.717) is 0 Å².